The zero-order valence-corrected chi connectivity index (χ0v) is 18.3. The van der Waals surface area contributed by atoms with E-state index >= 15 is 0 Å². The van der Waals surface area contributed by atoms with Gasteiger partial charge in [-0.2, -0.15) is 0 Å². The molecule has 0 aromatic heterocycles. The van der Waals surface area contributed by atoms with Gasteiger partial charge < -0.3 is 20.4 Å². The Morgan fingerprint density at radius 2 is 1.71 bits per heavy atom. The fourth-order valence-electron chi connectivity index (χ4n) is 4.04. The minimum Gasteiger partial charge on any atom is -0.332 e. The van der Waals surface area contributed by atoms with Crippen LogP contribution in [0.4, 0.5) is 10.1 Å². The molecule has 0 bridgehead atoms. The predicted octanol–water partition coefficient (Wildman–Crippen LogP) is 0.452. The van der Waals surface area contributed by atoms with E-state index in [0.717, 1.165) is 18.0 Å². The normalized spacial score (nSPS) is 15.7. The van der Waals surface area contributed by atoms with Crippen molar-refractivity contribution in [1.82, 2.24) is 4.90 Å². The zero-order valence-electron chi connectivity index (χ0n) is 18.3. The Morgan fingerprint density at radius 3 is 2.32 bits per heavy atom. The van der Waals surface area contributed by atoms with E-state index in [1.807, 2.05) is 23.1 Å². The maximum Gasteiger partial charge on any atom is 0.279 e. The summed E-state index contributed by atoms with van der Waals surface area (Å²) in [6, 6.07) is 16.3. The number of nitrogens with zero attached hydrogens (tertiary/aromatic N) is 1. The van der Waals surface area contributed by atoms with Crippen LogP contribution in [-0.4, -0.2) is 56.0 Å². The number of nitrogens with two attached hydrogens (primary N) is 1. The largest absolute Gasteiger partial charge is 0.332 e. The molecule has 1 heterocycles. The minimum atomic E-state index is -0.329. The molecule has 0 unspecified atom stereocenters. The molecule has 2 amide bonds. The smallest absolute Gasteiger partial charge is 0.279 e. The fraction of sp³-hybridized carbons (Fsp3) is 0.417. The molecule has 1 saturated heterocycles. The van der Waals surface area contributed by atoms with Gasteiger partial charge in [0.15, 0.2) is 13.1 Å². The van der Waals surface area contributed by atoms with Crippen LogP contribution in [0.25, 0.3) is 0 Å². The average Bonchev–Trinajstić information content (AvgIpc) is 2.76. The lowest BCUT2D eigenvalue weighted by molar-refractivity contribution is -0.895. The molecule has 0 radical (unpaired) electrons. The molecule has 0 spiro atoms. The van der Waals surface area contributed by atoms with Crippen LogP contribution in [0.2, 0.25) is 0 Å². The Balaban J connectivity index is 1.42. The van der Waals surface area contributed by atoms with Crippen molar-refractivity contribution in [1.29, 1.82) is 0 Å². The second-order valence-electron chi connectivity index (χ2n) is 8.48. The van der Waals surface area contributed by atoms with Crippen LogP contribution in [0.3, 0.4) is 0 Å². The lowest BCUT2D eigenvalue weighted by Crippen LogP contribution is -3.15. The van der Waals surface area contributed by atoms with E-state index in [0.29, 0.717) is 37.8 Å². The number of rotatable bonds is 8. The molecule has 0 aliphatic carbocycles. The first-order chi connectivity index (χ1) is 14.9. The number of quaternary nitrogens is 2. The number of nitrogens with one attached hydrogen (secondary N) is 2. The van der Waals surface area contributed by atoms with Crippen LogP contribution in [0.1, 0.15) is 25.5 Å². The lowest BCUT2D eigenvalue weighted by atomic mass is 9.96. The van der Waals surface area contributed by atoms with E-state index in [2.05, 4.69) is 36.6 Å². The Kier molecular flexibility index (Phi) is 8.14. The summed E-state index contributed by atoms with van der Waals surface area (Å²) >= 11 is 0. The van der Waals surface area contributed by atoms with Gasteiger partial charge in [-0.15, -0.1) is 0 Å². The Bertz CT molecular complexity index is 850. The van der Waals surface area contributed by atoms with E-state index in [-0.39, 0.29) is 23.7 Å². The molecule has 6 nitrogen and oxygen atoms in total. The van der Waals surface area contributed by atoms with Gasteiger partial charge in [0.1, 0.15) is 11.9 Å². The van der Waals surface area contributed by atoms with Gasteiger partial charge in [0.2, 0.25) is 0 Å². The van der Waals surface area contributed by atoms with Crippen molar-refractivity contribution in [2.75, 3.05) is 44.6 Å². The van der Waals surface area contributed by atoms with Crippen LogP contribution in [0.15, 0.2) is 54.6 Å². The van der Waals surface area contributed by atoms with Crippen molar-refractivity contribution in [2.45, 2.75) is 19.9 Å². The summed E-state index contributed by atoms with van der Waals surface area (Å²) in [5.41, 5.74) is 1.83. The van der Waals surface area contributed by atoms with Crippen LogP contribution in [0, 0.1) is 11.7 Å². The van der Waals surface area contributed by atoms with Crippen LogP contribution in [-0.2, 0) is 9.59 Å². The summed E-state index contributed by atoms with van der Waals surface area (Å²) in [4.78, 5) is 28.0. The number of piperazine rings is 1. The number of anilines is 1. The molecule has 7 heteroatoms. The van der Waals surface area contributed by atoms with Gasteiger partial charge >= 0.3 is 0 Å². The first kappa shape index (κ1) is 22.9. The maximum atomic E-state index is 13.0. The van der Waals surface area contributed by atoms with Crippen LogP contribution < -0.4 is 15.5 Å². The van der Waals surface area contributed by atoms with Crippen molar-refractivity contribution in [3.63, 3.8) is 0 Å². The molecule has 1 fully saturated rings. The number of carbonyl (C=O) groups is 2. The van der Waals surface area contributed by atoms with Gasteiger partial charge in [-0.05, 0) is 24.3 Å². The second kappa shape index (κ2) is 11.0. The van der Waals surface area contributed by atoms with Crippen molar-refractivity contribution in [2.24, 2.45) is 5.92 Å². The van der Waals surface area contributed by atoms with E-state index in [4.69, 9.17) is 0 Å². The third-order valence-corrected chi connectivity index (χ3v) is 5.81. The van der Waals surface area contributed by atoms with Gasteiger partial charge in [-0.3, -0.25) is 9.59 Å². The van der Waals surface area contributed by atoms with Crippen molar-refractivity contribution >= 4 is 17.5 Å². The highest BCUT2D eigenvalue weighted by molar-refractivity contribution is 5.91. The Morgan fingerprint density at radius 1 is 1.06 bits per heavy atom. The number of hydrogen-bond donors (Lipinski definition) is 3. The summed E-state index contributed by atoms with van der Waals surface area (Å²) in [5.74, 6) is 0.148. The highest BCUT2D eigenvalue weighted by Gasteiger charge is 2.27. The topological polar surface area (TPSA) is 70.5 Å². The molecule has 1 aliphatic heterocycles. The third kappa shape index (κ3) is 6.87. The molecule has 0 saturated carbocycles. The third-order valence-electron chi connectivity index (χ3n) is 5.81. The monoisotopic (exact) mass is 428 g/mol. The lowest BCUT2D eigenvalue weighted by Gasteiger charge is -2.32. The molecule has 4 N–H and O–H groups in total. The molecule has 1 atom stereocenters. The Hall–Kier alpha value is -2.77. The molecular weight excluding hydrogens is 395 g/mol. The number of hydrogen-bond acceptors (Lipinski definition) is 2. The van der Waals surface area contributed by atoms with Gasteiger partial charge in [0.05, 0.1) is 26.2 Å². The number of amides is 2. The summed E-state index contributed by atoms with van der Waals surface area (Å²) in [5, 5.41) is 4.93. The first-order valence-electron chi connectivity index (χ1n) is 11.0. The summed E-state index contributed by atoms with van der Waals surface area (Å²) in [6.45, 7) is 7.93. The summed E-state index contributed by atoms with van der Waals surface area (Å²) < 4.78 is 13.0. The van der Waals surface area contributed by atoms with E-state index < -0.39 is 0 Å². The van der Waals surface area contributed by atoms with Crippen LogP contribution in [0.5, 0.6) is 0 Å². The molecule has 1 aliphatic rings. The van der Waals surface area contributed by atoms with Gasteiger partial charge in [-0.1, -0.05) is 44.2 Å². The number of halogens is 1. The summed E-state index contributed by atoms with van der Waals surface area (Å²) in [6.07, 6.45) is 0. The highest BCUT2D eigenvalue weighted by atomic mass is 19.1. The zero-order chi connectivity index (χ0) is 22.2. The maximum absolute atomic E-state index is 13.0. The van der Waals surface area contributed by atoms with E-state index in [9.17, 15) is 14.0 Å². The standard InChI is InChI=1S/C24H31FN4O2/c1-18(2)24(19-6-4-3-5-7-19)26-16-23(31)29-14-12-28(13-15-29)17-22(30)27-21-10-8-20(25)9-11-21/h3-11,18,24,26H,12-17H2,1-2H3,(H,27,30)/p+2/t24-/m1/s1. The summed E-state index contributed by atoms with van der Waals surface area (Å²) in [7, 11) is 0. The number of carbonyl (C=O) groups excluding carboxylic acids is 2. The quantitative estimate of drug-likeness (QED) is 0.572. The minimum absolute atomic E-state index is 0.0997. The highest BCUT2D eigenvalue weighted by Crippen LogP contribution is 2.16. The predicted molar refractivity (Wildman–Crippen MR) is 118 cm³/mol. The average molecular weight is 429 g/mol. The van der Waals surface area contributed by atoms with Gasteiger partial charge in [0.25, 0.3) is 11.8 Å². The first-order valence-corrected chi connectivity index (χ1v) is 11.0. The molecule has 2 aromatic rings. The van der Waals surface area contributed by atoms with Crippen molar-refractivity contribution in [3.8, 4) is 0 Å². The molecule has 31 heavy (non-hydrogen) atoms. The SMILES string of the molecule is CC(C)[C@@H]([NH2+]CC(=O)N1CC[NH+](CC(=O)Nc2ccc(F)cc2)CC1)c1ccccc1. The van der Waals surface area contributed by atoms with Crippen molar-refractivity contribution in [3.05, 3.63) is 66.0 Å². The van der Waals surface area contributed by atoms with E-state index in [1.54, 1.807) is 12.1 Å². The number of benzene rings is 2. The van der Waals surface area contributed by atoms with E-state index in [1.165, 1.54) is 17.7 Å². The molecule has 3 rings (SSSR count). The molecule has 2 aromatic carbocycles. The second-order valence-corrected chi connectivity index (χ2v) is 8.48. The van der Waals surface area contributed by atoms with Crippen LogP contribution >= 0.6 is 0 Å². The Labute approximate surface area is 183 Å². The van der Waals surface area contributed by atoms with Gasteiger partial charge in [-0.25, -0.2) is 4.39 Å². The fourth-order valence-corrected chi connectivity index (χ4v) is 4.04. The molecular formula is C24H33FN4O2+2. The van der Waals surface area contributed by atoms with Crippen molar-refractivity contribution < 1.29 is 24.2 Å². The molecule has 166 valence electrons. The van der Waals surface area contributed by atoms with Gasteiger partial charge in [0, 0.05) is 17.2 Å².